The van der Waals surface area contributed by atoms with Gasteiger partial charge >= 0.3 is 0 Å². The first-order valence-corrected chi connectivity index (χ1v) is 10.4. The summed E-state index contributed by atoms with van der Waals surface area (Å²) in [6.45, 7) is 7.71. The van der Waals surface area contributed by atoms with Gasteiger partial charge in [0.2, 0.25) is 0 Å². The van der Waals surface area contributed by atoms with E-state index >= 15 is 0 Å². The van der Waals surface area contributed by atoms with E-state index in [-0.39, 0.29) is 11.8 Å². The Morgan fingerprint density at radius 2 is 1.45 bits per heavy atom. The van der Waals surface area contributed by atoms with E-state index in [1.165, 1.54) is 4.90 Å². The first-order chi connectivity index (χ1) is 14.9. The summed E-state index contributed by atoms with van der Waals surface area (Å²) in [4.78, 5) is 30.6. The first kappa shape index (κ1) is 22.7. The van der Waals surface area contributed by atoms with Crippen molar-refractivity contribution in [2.24, 2.45) is 0 Å². The maximum atomic E-state index is 13.7. The van der Waals surface area contributed by atoms with Crippen LogP contribution in [0.15, 0.2) is 48.2 Å². The monoisotopic (exact) mass is 422 g/mol. The summed E-state index contributed by atoms with van der Waals surface area (Å²) in [5.74, 6) is -0.626. The van der Waals surface area contributed by atoms with Gasteiger partial charge in [-0.3, -0.25) is 9.59 Å². The molecule has 164 valence electrons. The minimum Gasteiger partial charge on any atom is -0.383 e. The quantitative estimate of drug-likeness (QED) is 0.579. The molecule has 6 nitrogen and oxygen atoms in total. The van der Waals surface area contributed by atoms with E-state index in [9.17, 15) is 9.59 Å². The zero-order chi connectivity index (χ0) is 22.5. The maximum Gasteiger partial charge on any atom is 0.282 e. The fourth-order valence-corrected chi connectivity index (χ4v) is 3.73. The molecule has 0 unspecified atom stereocenters. The molecule has 2 aromatic rings. The molecule has 0 fully saturated rings. The second-order valence-electron chi connectivity index (χ2n) is 7.73. The number of carbonyl (C=O) groups is 2. The number of benzene rings is 2. The molecular weight excluding hydrogens is 392 g/mol. The third-order valence-corrected chi connectivity index (χ3v) is 5.66. The van der Waals surface area contributed by atoms with Crippen LogP contribution in [-0.4, -0.2) is 57.2 Å². The van der Waals surface area contributed by atoms with Gasteiger partial charge in [-0.25, -0.2) is 4.90 Å². The third-order valence-electron chi connectivity index (χ3n) is 5.66. The molecule has 0 atom stereocenters. The van der Waals surface area contributed by atoms with E-state index in [0.29, 0.717) is 43.3 Å². The number of imide groups is 1. The molecule has 2 aromatic carbocycles. The first-order valence-electron chi connectivity index (χ1n) is 10.4. The van der Waals surface area contributed by atoms with Crippen molar-refractivity contribution in [1.29, 1.82) is 0 Å². The van der Waals surface area contributed by atoms with Gasteiger partial charge in [-0.2, -0.15) is 0 Å². The molecule has 1 aliphatic rings. The predicted molar refractivity (Wildman–Crippen MR) is 122 cm³/mol. The summed E-state index contributed by atoms with van der Waals surface area (Å²) < 4.78 is 10.5. The van der Waals surface area contributed by atoms with Crippen molar-refractivity contribution in [2.75, 3.05) is 45.4 Å². The molecule has 1 aliphatic heterocycles. The Morgan fingerprint density at radius 3 is 2.03 bits per heavy atom. The van der Waals surface area contributed by atoms with Gasteiger partial charge < -0.3 is 14.4 Å². The van der Waals surface area contributed by atoms with Crippen molar-refractivity contribution in [3.63, 3.8) is 0 Å². The van der Waals surface area contributed by atoms with Gasteiger partial charge in [0.25, 0.3) is 11.8 Å². The van der Waals surface area contributed by atoms with Crippen LogP contribution in [0.4, 0.5) is 5.69 Å². The Bertz CT molecular complexity index is 987. The van der Waals surface area contributed by atoms with Crippen molar-refractivity contribution < 1.29 is 19.1 Å². The number of nitrogens with zero attached hydrogens (tertiary/aromatic N) is 2. The minimum atomic E-state index is -0.318. The Labute approximate surface area is 184 Å². The molecule has 0 saturated heterocycles. The van der Waals surface area contributed by atoms with Gasteiger partial charge in [0, 0.05) is 27.3 Å². The molecule has 1 heterocycles. The number of anilines is 1. The normalized spacial score (nSPS) is 14.0. The lowest BCUT2D eigenvalue weighted by atomic mass is 10.0. The summed E-state index contributed by atoms with van der Waals surface area (Å²) in [5.41, 5.74) is 5.18. The van der Waals surface area contributed by atoms with E-state index in [1.807, 2.05) is 68.1 Å². The summed E-state index contributed by atoms with van der Waals surface area (Å²) >= 11 is 0. The van der Waals surface area contributed by atoms with Crippen LogP contribution >= 0.6 is 0 Å². The smallest absolute Gasteiger partial charge is 0.282 e. The fourth-order valence-electron chi connectivity index (χ4n) is 3.73. The topological polar surface area (TPSA) is 59.1 Å². The van der Waals surface area contributed by atoms with Crippen LogP contribution in [0, 0.1) is 20.8 Å². The highest BCUT2D eigenvalue weighted by Gasteiger charge is 2.42. The fraction of sp³-hybridized carbons (Fsp3) is 0.360. The number of aryl methyl sites for hydroxylation is 2. The van der Waals surface area contributed by atoms with Crippen molar-refractivity contribution in [1.82, 2.24) is 4.90 Å². The van der Waals surface area contributed by atoms with Crippen LogP contribution < -0.4 is 4.90 Å². The van der Waals surface area contributed by atoms with Gasteiger partial charge in [-0.05, 0) is 43.5 Å². The lowest BCUT2D eigenvalue weighted by Gasteiger charge is -2.26. The largest absolute Gasteiger partial charge is 0.383 e. The lowest BCUT2D eigenvalue weighted by Crippen LogP contribution is -2.38. The molecule has 0 aliphatic carbocycles. The van der Waals surface area contributed by atoms with Crippen molar-refractivity contribution in [2.45, 2.75) is 20.8 Å². The van der Waals surface area contributed by atoms with Crippen LogP contribution in [0.25, 0.3) is 5.57 Å². The van der Waals surface area contributed by atoms with Crippen LogP contribution in [0.1, 0.15) is 22.3 Å². The number of ether oxygens (including phenoxy) is 2. The Morgan fingerprint density at radius 1 is 0.839 bits per heavy atom. The highest BCUT2D eigenvalue weighted by molar-refractivity contribution is 6.45. The molecule has 0 spiro atoms. The molecule has 0 radical (unpaired) electrons. The molecule has 0 aromatic heterocycles. The maximum absolute atomic E-state index is 13.7. The van der Waals surface area contributed by atoms with Crippen molar-refractivity contribution in [3.8, 4) is 0 Å². The van der Waals surface area contributed by atoms with Gasteiger partial charge in [0.05, 0.1) is 24.5 Å². The number of hydrogen-bond acceptors (Lipinski definition) is 5. The van der Waals surface area contributed by atoms with Crippen LogP contribution in [0.2, 0.25) is 0 Å². The van der Waals surface area contributed by atoms with Crippen molar-refractivity contribution in [3.05, 3.63) is 70.4 Å². The number of amides is 2. The van der Waals surface area contributed by atoms with Crippen LogP contribution in [-0.2, 0) is 19.1 Å². The van der Waals surface area contributed by atoms with E-state index in [4.69, 9.17) is 9.47 Å². The van der Waals surface area contributed by atoms with Crippen LogP contribution in [0.5, 0.6) is 0 Å². The average Bonchev–Trinajstić information content (AvgIpc) is 3.01. The minimum absolute atomic E-state index is 0.308. The molecule has 31 heavy (non-hydrogen) atoms. The zero-order valence-electron chi connectivity index (χ0n) is 18.9. The molecule has 3 rings (SSSR count). The van der Waals surface area contributed by atoms with Gasteiger partial charge in [0.1, 0.15) is 5.70 Å². The third kappa shape index (κ3) is 4.55. The van der Waals surface area contributed by atoms with Crippen molar-refractivity contribution >= 4 is 23.1 Å². The molecule has 0 saturated carbocycles. The second-order valence-corrected chi connectivity index (χ2v) is 7.73. The van der Waals surface area contributed by atoms with E-state index in [1.54, 1.807) is 14.2 Å². The highest BCUT2D eigenvalue weighted by atomic mass is 16.5. The molecule has 6 heteroatoms. The number of methoxy groups -OCH3 is 2. The Balaban J connectivity index is 2.16. The zero-order valence-corrected chi connectivity index (χ0v) is 18.9. The number of carbonyl (C=O) groups excluding carboxylic acids is 2. The lowest BCUT2D eigenvalue weighted by molar-refractivity contribution is -0.120. The van der Waals surface area contributed by atoms with E-state index in [2.05, 4.69) is 0 Å². The van der Waals surface area contributed by atoms with Gasteiger partial charge in [-0.15, -0.1) is 0 Å². The van der Waals surface area contributed by atoms with Gasteiger partial charge in [-0.1, -0.05) is 42.0 Å². The standard InChI is InChI=1S/C25H30N2O4/c1-17-9-11-20(12-10-17)22-23(26(13-15-30-4)14-16-31-5)25(29)27(24(22)28)21-8-6-7-18(2)19(21)3/h6-12H,13-16H2,1-5H3. The summed E-state index contributed by atoms with van der Waals surface area (Å²) in [7, 11) is 3.24. The van der Waals surface area contributed by atoms with Gasteiger partial charge in [0.15, 0.2) is 0 Å². The summed E-state index contributed by atoms with van der Waals surface area (Å²) in [6.07, 6.45) is 0. The van der Waals surface area contributed by atoms with E-state index < -0.39 is 0 Å². The Kier molecular flexibility index (Phi) is 7.25. The van der Waals surface area contributed by atoms with Crippen LogP contribution in [0.3, 0.4) is 0 Å². The predicted octanol–water partition coefficient (Wildman–Crippen LogP) is 3.49. The molecule has 0 bridgehead atoms. The SMILES string of the molecule is COCCN(CCOC)C1=C(c2ccc(C)cc2)C(=O)N(c2cccc(C)c2C)C1=O. The second kappa shape index (κ2) is 9.90. The highest BCUT2D eigenvalue weighted by Crippen LogP contribution is 2.36. The average molecular weight is 423 g/mol. The molecule has 0 N–H and O–H groups in total. The number of rotatable bonds is 9. The molecule has 2 amide bonds. The van der Waals surface area contributed by atoms with E-state index in [0.717, 1.165) is 22.3 Å². The number of hydrogen-bond donors (Lipinski definition) is 0. The summed E-state index contributed by atoms with van der Waals surface area (Å²) in [5, 5.41) is 0. The Hall–Kier alpha value is -2.96. The molecular formula is C25H30N2O4. The summed E-state index contributed by atoms with van der Waals surface area (Å²) in [6, 6.07) is 13.4.